The molecular formula is C29H32N4O4S. The molecule has 1 saturated heterocycles. The molecule has 1 atom stereocenters. The molecule has 0 spiro atoms. The molecule has 2 aromatic carbocycles. The van der Waals surface area contributed by atoms with Crippen LogP contribution in [0.2, 0.25) is 0 Å². The quantitative estimate of drug-likeness (QED) is 0.384. The van der Waals surface area contributed by atoms with Gasteiger partial charge < -0.3 is 14.6 Å². The maximum absolute atomic E-state index is 12.8. The fourth-order valence-corrected chi connectivity index (χ4v) is 6.25. The average Bonchev–Trinajstić information content (AvgIpc) is 3.35. The van der Waals surface area contributed by atoms with Crippen LogP contribution >= 0.6 is 0 Å². The standard InChI is InChI=1S/C29H32N4O4S/c1-32(2)28(34)17-26(33-11-13-38(35,36)14-12-33)21-8-6-7-20(15-21)22-16-24-25(19-31-29(24)30-18-22)23-9-4-5-10-27(23)37-3/h4-10,15-16,18-19,26H,11-14,17H2,1-3H3,(H,30,31). The smallest absolute Gasteiger partial charge is 0.223 e. The summed E-state index contributed by atoms with van der Waals surface area (Å²) in [4.78, 5) is 24.4. The Kier molecular flexibility index (Phi) is 7.23. The summed E-state index contributed by atoms with van der Waals surface area (Å²) in [6, 6.07) is 17.9. The molecule has 4 aromatic rings. The molecule has 3 heterocycles. The zero-order valence-corrected chi connectivity index (χ0v) is 22.7. The van der Waals surface area contributed by atoms with Crippen molar-refractivity contribution in [3.05, 3.63) is 72.6 Å². The average molecular weight is 533 g/mol. The third-order valence-corrected chi connectivity index (χ3v) is 8.83. The van der Waals surface area contributed by atoms with Crippen LogP contribution in [-0.2, 0) is 14.6 Å². The minimum atomic E-state index is -3.03. The van der Waals surface area contributed by atoms with Crippen LogP contribution < -0.4 is 4.74 Å². The van der Waals surface area contributed by atoms with E-state index in [9.17, 15) is 13.2 Å². The van der Waals surface area contributed by atoms with Crippen LogP contribution in [0, 0.1) is 0 Å². The SMILES string of the molecule is COc1ccccc1-c1c[nH]c2ncc(-c3cccc(C(CC(=O)N(C)C)N4CCS(=O)(=O)CC4)c3)cc12. The molecule has 9 heteroatoms. The van der Waals surface area contributed by atoms with E-state index < -0.39 is 9.84 Å². The van der Waals surface area contributed by atoms with E-state index in [1.54, 1.807) is 26.1 Å². The van der Waals surface area contributed by atoms with Gasteiger partial charge in [0.2, 0.25) is 5.91 Å². The van der Waals surface area contributed by atoms with Crippen LogP contribution in [0.5, 0.6) is 5.75 Å². The van der Waals surface area contributed by atoms with Crippen molar-refractivity contribution in [3.63, 3.8) is 0 Å². The van der Waals surface area contributed by atoms with Gasteiger partial charge in [-0.05, 0) is 29.3 Å². The normalized spacial score (nSPS) is 16.3. The van der Waals surface area contributed by atoms with Crippen molar-refractivity contribution in [3.8, 4) is 28.0 Å². The van der Waals surface area contributed by atoms with E-state index in [4.69, 9.17) is 4.74 Å². The minimum Gasteiger partial charge on any atom is -0.496 e. The number of amides is 1. The third kappa shape index (κ3) is 5.30. The number of aromatic nitrogens is 2. The van der Waals surface area contributed by atoms with E-state index in [1.807, 2.05) is 54.9 Å². The van der Waals surface area contributed by atoms with E-state index in [1.165, 1.54) is 0 Å². The van der Waals surface area contributed by atoms with Crippen LogP contribution in [-0.4, -0.2) is 79.9 Å². The van der Waals surface area contributed by atoms with Crippen LogP contribution in [0.3, 0.4) is 0 Å². The van der Waals surface area contributed by atoms with Crippen molar-refractivity contribution in [1.82, 2.24) is 19.8 Å². The summed E-state index contributed by atoms with van der Waals surface area (Å²) in [5, 5.41) is 0.984. The molecule has 198 valence electrons. The van der Waals surface area contributed by atoms with Crippen molar-refractivity contribution < 1.29 is 17.9 Å². The first-order chi connectivity index (χ1) is 18.3. The van der Waals surface area contributed by atoms with Crippen molar-refractivity contribution in [2.75, 3.05) is 45.8 Å². The van der Waals surface area contributed by atoms with Gasteiger partial charge in [0, 0.05) is 74.1 Å². The van der Waals surface area contributed by atoms with Gasteiger partial charge in [0.15, 0.2) is 9.84 Å². The Morgan fingerprint density at radius 3 is 2.55 bits per heavy atom. The molecule has 0 saturated carbocycles. The van der Waals surface area contributed by atoms with Crippen molar-refractivity contribution in [1.29, 1.82) is 0 Å². The lowest BCUT2D eigenvalue weighted by molar-refractivity contribution is -0.130. The number of nitrogens with one attached hydrogen (secondary N) is 1. The first-order valence-corrected chi connectivity index (χ1v) is 14.4. The number of pyridine rings is 1. The molecule has 1 N–H and O–H groups in total. The zero-order chi connectivity index (χ0) is 26.9. The maximum Gasteiger partial charge on any atom is 0.223 e. The first-order valence-electron chi connectivity index (χ1n) is 12.6. The maximum atomic E-state index is 12.8. The Hall–Kier alpha value is -3.69. The van der Waals surface area contributed by atoms with Crippen molar-refractivity contribution >= 4 is 26.8 Å². The number of H-pyrrole nitrogens is 1. The summed E-state index contributed by atoms with van der Waals surface area (Å²) in [7, 11) is 2.12. The number of hydrogen-bond acceptors (Lipinski definition) is 6. The summed E-state index contributed by atoms with van der Waals surface area (Å²) in [5.41, 5.74) is 5.69. The molecule has 0 aliphatic carbocycles. The molecule has 1 fully saturated rings. The largest absolute Gasteiger partial charge is 0.496 e. The number of fused-ring (bicyclic) bond motifs is 1. The Morgan fingerprint density at radius 1 is 1.05 bits per heavy atom. The number of ether oxygens (including phenoxy) is 1. The number of carbonyl (C=O) groups excluding carboxylic acids is 1. The number of rotatable bonds is 7. The molecule has 1 amide bonds. The Balaban J connectivity index is 1.52. The van der Waals surface area contributed by atoms with Crippen LogP contribution in [0.15, 0.2) is 67.0 Å². The Morgan fingerprint density at radius 2 is 1.82 bits per heavy atom. The van der Waals surface area contributed by atoms with E-state index in [-0.39, 0.29) is 29.9 Å². The zero-order valence-electron chi connectivity index (χ0n) is 21.8. The monoisotopic (exact) mass is 532 g/mol. The second-order valence-corrected chi connectivity index (χ2v) is 12.1. The predicted molar refractivity (Wildman–Crippen MR) is 150 cm³/mol. The molecule has 0 bridgehead atoms. The number of sulfone groups is 1. The highest BCUT2D eigenvalue weighted by Gasteiger charge is 2.30. The lowest BCUT2D eigenvalue weighted by atomic mass is 9.96. The van der Waals surface area contributed by atoms with Crippen molar-refractivity contribution in [2.45, 2.75) is 12.5 Å². The number of hydrogen-bond donors (Lipinski definition) is 1. The second-order valence-electron chi connectivity index (χ2n) is 9.84. The molecule has 1 aliphatic heterocycles. The van der Waals surface area contributed by atoms with E-state index in [2.05, 4.69) is 27.0 Å². The summed E-state index contributed by atoms with van der Waals surface area (Å²) < 4.78 is 29.7. The van der Waals surface area contributed by atoms with E-state index in [0.717, 1.165) is 44.6 Å². The molecule has 38 heavy (non-hydrogen) atoms. The lowest BCUT2D eigenvalue weighted by Gasteiger charge is -2.35. The Labute approximate surface area is 223 Å². The van der Waals surface area contributed by atoms with Gasteiger partial charge in [0.05, 0.1) is 18.6 Å². The van der Waals surface area contributed by atoms with Crippen LogP contribution in [0.25, 0.3) is 33.3 Å². The first kappa shape index (κ1) is 25.9. The molecular weight excluding hydrogens is 500 g/mol. The van der Waals surface area contributed by atoms with Crippen LogP contribution in [0.4, 0.5) is 0 Å². The molecule has 5 rings (SSSR count). The molecule has 8 nitrogen and oxygen atoms in total. The predicted octanol–water partition coefficient (Wildman–Crippen LogP) is 4.16. The number of methoxy groups -OCH3 is 1. The van der Waals surface area contributed by atoms with Gasteiger partial charge in [0.1, 0.15) is 11.4 Å². The van der Waals surface area contributed by atoms with Crippen molar-refractivity contribution in [2.24, 2.45) is 0 Å². The van der Waals surface area contributed by atoms with Gasteiger partial charge in [-0.15, -0.1) is 0 Å². The number of aromatic amines is 1. The number of nitrogens with zero attached hydrogens (tertiary/aromatic N) is 3. The summed E-state index contributed by atoms with van der Waals surface area (Å²) >= 11 is 0. The van der Waals surface area contributed by atoms with Gasteiger partial charge in [-0.3, -0.25) is 9.69 Å². The third-order valence-electron chi connectivity index (χ3n) is 7.22. The summed E-state index contributed by atoms with van der Waals surface area (Å²) in [6.45, 7) is 0.828. The highest BCUT2D eigenvalue weighted by Crippen LogP contribution is 2.36. The second kappa shape index (κ2) is 10.6. The van der Waals surface area contributed by atoms with Gasteiger partial charge in [-0.1, -0.05) is 36.4 Å². The topological polar surface area (TPSA) is 95.6 Å². The summed E-state index contributed by atoms with van der Waals surface area (Å²) in [6.07, 6.45) is 4.07. The minimum absolute atomic E-state index is 0.00527. The number of para-hydroxylation sites is 1. The van der Waals surface area contributed by atoms with E-state index >= 15 is 0 Å². The van der Waals surface area contributed by atoms with E-state index in [0.29, 0.717) is 13.1 Å². The van der Waals surface area contributed by atoms with Gasteiger partial charge >= 0.3 is 0 Å². The van der Waals surface area contributed by atoms with Crippen LogP contribution in [0.1, 0.15) is 18.0 Å². The molecule has 1 aliphatic rings. The van der Waals surface area contributed by atoms with Gasteiger partial charge in [-0.2, -0.15) is 0 Å². The molecule has 2 aromatic heterocycles. The summed E-state index contributed by atoms with van der Waals surface area (Å²) in [5.74, 6) is 1.02. The number of benzene rings is 2. The van der Waals surface area contributed by atoms with Gasteiger partial charge in [0.25, 0.3) is 0 Å². The fraction of sp³-hybridized carbons (Fsp3) is 0.310. The highest BCUT2D eigenvalue weighted by molar-refractivity contribution is 7.91. The Bertz CT molecular complexity index is 1560. The lowest BCUT2D eigenvalue weighted by Crippen LogP contribution is -2.43. The highest BCUT2D eigenvalue weighted by atomic mass is 32.2. The number of carbonyl (C=O) groups is 1. The fourth-order valence-electron chi connectivity index (χ4n) is 5.02. The molecule has 0 radical (unpaired) electrons. The molecule has 1 unspecified atom stereocenters. The van der Waals surface area contributed by atoms with Gasteiger partial charge in [-0.25, -0.2) is 13.4 Å².